The molecule has 1 heterocycles. The fraction of sp³-hybridized carbons (Fsp3) is 0.462. The lowest BCUT2D eigenvalue weighted by atomic mass is 10.2. The quantitative estimate of drug-likeness (QED) is 0.807. The predicted molar refractivity (Wildman–Crippen MR) is 83.5 cm³/mol. The highest BCUT2D eigenvalue weighted by atomic mass is 32.2. The first-order valence-electron chi connectivity index (χ1n) is 6.44. The van der Waals surface area contributed by atoms with Gasteiger partial charge in [0.1, 0.15) is 0 Å². The van der Waals surface area contributed by atoms with Crippen molar-refractivity contribution in [1.82, 2.24) is 4.90 Å². The molecule has 0 radical (unpaired) electrons. The summed E-state index contributed by atoms with van der Waals surface area (Å²) in [6, 6.07) is 8.95. The number of para-hydroxylation sites is 1. The van der Waals surface area contributed by atoms with Gasteiger partial charge in [-0.2, -0.15) is 0 Å². The van der Waals surface area contributed by atoms with E-state index in [2.05, 4.69) is 5.32 Å². The van der Waals surface area contributed by atoms with Gasteiger partial charge in [0.05, 0.1) is 23.7 Å². The number of likely N-dealkylation sites (N-methyl/N-ethyl adjacent to an activating group) is 1. The van der Waals surface area contributed by atoms with Gasteiger partial charge < -0.3 is 15.3 Å². The third-order valence-electron chi connectivity index (χ3n) is 3.32. The maximum Gasteiger partial charge on any atom is 0.173 e. The Kier molecular flexibility index (Phi) is 4.62. The van der Waals surface area contributed by atoms with Gasteiger partial charge in [0, 0.05) is 12.2 Å². The molecule has 1 aliphatic rings. The van der Waals surface area contributed by atoms with Crippen molar-refractivity contribution in [3.8, 4) is 0 Å². The zero-order valence-electron chi connectivity index (χ0n) is 11.2. The Morgan fingerprint density at radius 1 is 1.40 bits per heavy atom. The van der Waals surface area contributed by atoms with E-state index in [1.165, 1.54) is 0 Å². The number of rotatable bonds is 3. The summed E-state index contributed by atoms with van der Waals surface area (Å²) in [6.07, 6.45) is -0.893. The highest BCUT2D eigenvalue weighted by Crippen LogP contribution is 2.19. The van der Waals surface area contributed by atoms with E-state index in [0.29, 0.717) is 11.7 Å². The minimum atomic E-state index is -3.19. The molecule has 7 heteroatoms. The number of aliphatic hydroxyl groups is 1. The monoisotopic (exact) mass is 314 g/mol. The first-order valence-corrected chi connectivity index (χ1v) is 8.67. The lowest BCUT2D eigenvalue weighted by Gasteiger charge is -2.31. The van der Waals surface area contributed by atoms with Crippen molar-refractivity contribution in [2.24, 2.45) is 0 Å². The van der Waals surface area contributed by atoms with Crippen LogP contribution < -0.4 is 5.32 Å². The summed E-state index contributed by atoms with van der Waals surface area (Å²) in [6.45, 7) is 2.42. The van der Waals surface area contributed by atoms with Crippen molar-refractivity contribution in [3.05, 3.63) is 30.3 Å². The number of hydrogen-bond acceptors (Lipinski definition) is 4. The number of nitrogens with zero attached hydrogens (tertiary/aromatic N) is 1. The van der Waals surface area contributed by atoms with Gasteiger partial charge in [-0.25, -0.2) is 8.42 Å². The van der Waals surface area contributed by atoms with Gasteiger partial charge in [-0.3, -0.25) is 0 Å². The van der Waals surface area contributed by atoms with Gasteiger partial charge in [-0.1, -0.05) is 18.2 Å². The van der Waals surface area contributed by atoms with E-state index in [9.17, 15) is 13.5 Å². The molecule has 0 aromatic heterocycles. The third-order valence-corrected chi connectivity index (χ3v) is 5.36. The first-order chi connectivity index (χ1) is 9.43. The minimum Gasteiger partial charge on any atom is -0.390 e. The fourth-order valence-electron chi connectivity index (χ4n) is 2.35. The lowest BCUT2D eigenvalue weighted by Crippen LogP contribution is -2.48. The Bertz CT molecular complexity index is 575. The summed E-state index contributed by atoms with van der Waals surface area (Å²) in [5, 5.41) is 13.4. The number of thiocarbonyl (C=S) groups is 1. The summed E-state index contributed by atoms with van der Waals surface area (Å²) in [4.78, 5) is 1.73. The molecule has 1 aromatic rings. The fourth-order valence-corrected chi connectivity index (χ4v) is 4.54. The zero-order chi connectivity index (χ0) is 14.8. The second-order valence-corrected chi connectivity index (χ2v) is 7.33. The highest BCUT2D eigenvalue weighted by molar-refractivity contribution is 7.91. The van der Waals surface area contributed by atoms with Crippen LogP contribution in [0.25, 0.3) is 0 Å². The summed E-state index contributed by atoms with van der Waals surface area (Å²) >= 11 is 5.33. The molecule has 1 aromatic carbocycles. The van der Waals surface area contributed by atoms with Gasteiger partial charge in [-0.05, 0) is 31.3 Å². The maximum atomic E-state index is 11.6. The highest BCUT2D eigenvalue weighted by Gasteiger charge is 2.40. The first kappa shape index (κ1) is 15.2. The molecule has 0 unspecified atom stereocenters. The van der Waals surface area contributed by atoms with Gasteiger partial charge in [0.25, 0.3) is 0 Å². The zero-order valence-corrected chi connectivity index (χ0v) is 12.8. The standard InChI is InChI=1S/C13H18N2O3S2/c1-2-15(11-8-20(17,18)9-12(11)16)13(19)14-10-6-4-3-5-7-10/h3-7,11-12,16H,2,8-9H2,1H3,(H,14,19)/t11-,12+/m0/s1. The van der Waals surface area contributed by atoms with Crippen LogP contribution >= 0.6 is 12.2 Å². The summed E-state index contributed by atoms with van der Waals surface area (Å²) in [5.74, 6) is -0.249. The molecule has 5 nitrogen and oxygen atoms in total. The number of nitrogens with one attached hydrogen (secondary N) is 1. The third kappa shape index (κ3) is 3.47. The average molecular weight is 314 g/mol. The molecular weight excluding hydrogens is 296 g/mol. The topological polar surface area (TPSA) is 69.6 Å². The minimum absolute atomic E-state index is 0.0569. The molecule has 1 fully saturated rings. The lowest BCUT2D eigenvalue weighted by molar-refractivity contribution is 0.126. The van der Waals surface area contributed by atoms with Crippen LogP contribution in [0.3, 0.4) is 0 Å². The SMILES string of the molecule is CCN(C(=S)Nc1ccccc1)[C@H]1CS(=O)(=O)C[C@H]1O. The molecule has 110 valence electrons. The van der Waals surface area contributed by atoms with Crippen LogP contribution in [-0.2, 0) is 9.84 Å². The number of aliphatic hydroxyl groups excluding tert-OH is 1. The van der Waals surface area contributed by atoms with E-state index < -0.39 is 22.0 Å². The normalized spacial score (nSPS) is 24.3. The van der Waals surface area contributed by atoms with Gasteiger partial charge >= 0.3 is 0 Å². The van der Waals surface area contributed by atoms with Crippen LogP contribution in [0.15, 0.2) is 30.3 Å². The number of benzene rings is 1. The number of hydrogen-bond donors (Lipinski definition) is 2. The molecule has 2 rings (SSSR count). The van der Waals surface area contributed by atoms with Crippen LogP contribution in [0, 0.1) is 0 Å². The second-order valence-electron chi connectivity index (χ2n) is 4.79. The predicted octanol–water partition coefficient (Wildman–Crippen LogP) is 0.863. The molecule has 0 bridgehead atoms. The Morgan fingerprint density at radius 3 is 2.55 bits per heavy atom. The number of anilines is 1. The number of sulfone groups is 1. The Labute approximate surface area is 124 Å². The largest absolute Gasteiger partial charge is 0.390 e. The molecule has 0 spiro atoms. The van der Waals surface area contributed by atoms with E-state index in [0.717, 1.165) is 5.69 Å². The molecular formula is C13H18N2O3S2. The van der Waals surface area contributed by atoms with Crippen LogP contribution in [0.5, 0.6) is 0 Å². The molecule has 1 saturated heterocycles. The molecule has 0 saturated carbocycles. The van der Waals surface area contributed by atoms with Crippen LogP contribution in [0.4, 0.5) is 5.69 Å². The van der Waals surface area contributed by atoms with Gasteiger partial charge in [-0.15, -0.1) is 0 Å². The van der Waals surface area contributed by atoms with E-state index in [4.69, 9.17) is 12.2 Å². The van der Waals surface area contributed by atoms with Crippen LogP contribution in [0.2, 0.25) is 0 Å². The van der Waals surface area contributed by atoms with Crippen molar-refractivity contribution in [3.63, 3.8) is 0 Å². The van der Waals surface area contributed by atoms with Crippen LogP contribution in [-0.4, -0.2) is 53.7 Å². The van der Waals surface area contributed by atoms with Crippen LogP contribution in [0.1, 0.15) is 6.92 Å². The van der Waals surface area contributed by atoms with E-state index in [-0.39, 0.29) is 11.5 Å². The van der Waals surface area contributed by atoms with E-state index >= 15 is 0 Å². The summed E-state index contributed by atoms with van der Waals surface area (Å²) in [5.41, 5.74) is 0.839. The molecule has 20 heavy (non-hydrogen) atoms. The molecule has 2 atom stereocenters. The molecule has 1 aliphatic heterocycles. The van der Waals surface area contributed by atoms with E-state index in [1.807, 2.05) is 37.3 Å². The molecule has 0 aliphatic carbocycles. The van der Waals surface area contributed by atoms with Crippen molar-refractivity contribution in [2.75, 3.05) is 23.4 Å². The second kappa shape index (κ2) is 6.07. The smallest absolute Gasteiger partial charge is 0.173 e. The van der Waals surface area contributed by atoms with Gasteiger partial charge in [0.2, 0.25) is 0 Å². The van der Waals surface area contributed by atoms with Crippen molar-refractivity contribution in [2.45, 2.75) is 19.1 Å². The van der Waals surface area contributed by atoms with E-state index in [1.54, 1.807) is 4.90 Å². The Balaban J connectivity index is 2.10. The summed E-state index contributed by atoms with van der Waals surface area (Å²) in [7, 11) is -3.19. The van der Waals surface area contributed by atoms with Crippen molar-refractivity contribution >= 4 is 32.9 Å². The van der Waals surface area contributed by atoms with Crippen molar-refractivity contribution < 1.29 is 13.5 Å². The maximum absolute atomic E-state index is 11.6. The Hall–Kier alpha value is -1.18. The average Bonchev–Trinajstić information content (AvgIpc) is 2.65. The molecule has 2 N–H and O–H groups in total. The Morgan fingerprint density at radius 2 is 2.05 bits per heavy atom. The summed E-state index contributed by atoms with van der Waals surface area (Å²) < 4.78 is 23.2. The molecule has 0 amide bonds. The van der Waals surface area contributed by atoms with Crippen molar-refractivity contribution in [1.29, 1.82) is 0 Å². The van der Waals surface area contributed by atoms with Gasteiger partial charge in [0.15, 0.2) is 14.9 Å².